The third-order valence-corrected chi connectivity index (χ3v) is 1.76. The summed E-state index contributed by atoms with van der Waals surface area (Å²) in [7, 11) is -2.94. The number of aromatic hydroxyl groups is 1. The minimum atomic E-state index is -2.94. The Morgan fingerprint density at radius 3 is 2.44 bits per heavy atom. The molecule has 6 heteroatoms. The van der Waals surface area contributed by atoms with Gasteiger partial charge >= 0.3 is 7.47 Å². The molecule has 0 bridgehead atoms. The summed E-state index contributed by atoms with van der Waals surface area (Å²) in [5.41, 5.74) is 0.287. The predicted molar refractivity (Wildman–Crippen MR) is 55.2 cm³/mol. The molecule has 0 spiro atoms. The number of carbonyl (C=O) groups excluding carboxylic acids is 1. The Labute approximate surface area is 91.6 Å². The van der Waals surface area contributed by atoms with Gasteiger partial charge in [0, 0.05) is 11.6 Å². The summed E-state index contributed by atoms with van der Waals surface area (Å²) < 4.78 is 27.6. The molecular weight excluding hydrogens is 217 g/mol. The first-order valence-corrected chi connectivity index (χ1v) is 4.45. The molecule has 1 N–H and O–H groups in total. The lowest BCUT2D eigenvalue weighted by molar-refractivity contribution is 0.104. The van der Waals surface area contributed by atoms with Crippen LogP contribution < -0.4 is 0 Å². The number of halogens is 2. The van der Waals surface area contributed by atoms with Crippen molar-refractivity contribution in [3.8, 4) is 5.75 Å². The number of hydrogen-bond donors (Lipinski definition) is 1. The largest absolute Gasteiger partial charge is 0.796 e. The molecule has 0 saturated heterocycles. The Morgan fingerprint density at radius 2 is 1.94 bits per heavy atom. The van der Waals surface area contributed by atoms with E-state index in [0.717, 1.165) is 6.08 Å². The summed E-state index contributed by atoms with van der Waals surface area (Å²) in [5.74, 6) is -0.590. The average molecular weight is 226 g/mol. The van der Waals surface area contributed by atoms with Crippen molar-refractivity contribution in [1.82, 2.24) is 0 Å². The fourth-order valence-electron chi connectivity index (χ4n) is 1.07. The number of allylic oxidation sites excluding steroid dienone is 2. The maximum atomic E-state index is 11.8. The first-order valence-electron chi connectivity index (χ1n) is 4.45. The number of ketones is 1. The van der Waals surface area contributed by atoms with E-state index >= 15 is 0 Å². The predicted octanol–water partition coefficient (Wildman–Crippen LogP) is 2.42. The van der Waals surface area contributed by atoms with Gasteiger partial charge in [-0.05, 0) is 31.2 Å². The fourth-order valence-corrected chi connectivity index (χ4v) is 1.07. The molecule has 0 aliphatic rings. The van der Waals surface area contributed by atoms with E-state index < -0.39 is 13.3 Å². The molecule has 1 aromatic rings. The van der Waals surface area contributed by atoms with E-state index in [1.165, 1.54) is 31.2 Å². The molecule has 1 aromatic carbocycles. The molecule has 0 radical (unpaired) electrons. The summed E-state index contributed by atoms with van der Waals surface area (Å²) in [6.45, 7) is 1.27. The normalized spacial score (nSPS) is 11.1. The zero-order chi connectivity index (χ0) is 12.1. The van der Waals surface area contributed by atoms with Gasteiger partial charge in [-0.3, -0.25) is 4.79 Å². The second kappa shape index (κ2) is 5.30. The van der Waals surface area contributed by atoms with Gasteiger partial charge in [-0.15, -0.1) is 0 Å². The number of rotatable bonds is 4. The molecular formula is C10H9BF2O3. The maximum absolute atomic E-state index is 11.8. The van der Waals surface area contributed by atoms with Crippen LogP contribution in [0.25, 0.3) is 0 Å². The van der Waals surface area contributed by atoms with Crippen LogP contribution in [-0.2, 0) is 4.65 Å². The highest BCUT2D eigenvalue weighted by Gasteiger charge is 2.17. The summed E-state index contributed by atoms with van der Waals surface area (Å²) in [6.07, 6.45) is 0.971. The van der Waals surface area contributed by atoms with Crippen LogP contribution in [0.2, 0.25) is 0 Å². The molecule has 0 atom stereocenters. The lowest BCUT2D eigenvalue weighted by Crippen LogP contribution is -2.04. The molecule has 0 heterocycles. The van der Waals surface area contributed by atoms with Gasteiger partial charge in [-0.2, -0.15) is 0 Å². The Hall–Kier alpha value is -1.85. The van der Waals surface area contributed by atoms with Crippen molar-refractivity contribution in [2.45, 2.75) is 6.92 Å². The van der Waals surface area contributed by atoms with Crippen molar-refractivity contribution in [1.29, 1.82) is 0 Å². The first kappa shape index (κ1) is 12.2. The van der Waals surface area contributed by atoms with E-state index in [-0.39, 0.29) is 17.1 Å². The first-order chi connectivity index (χ1) is 7.49. The van der Waals surface area contributed by atoms with E-state index in [9.17, 15) is 13.4 Å². The number of benzene rings is 1. The average Bonchev–Trinajstić information content (AvgIpc) is 2.16. The van der Waals surface area contributed by atoms with Crippen molar-refractivity contribution in [3.05, 3.63) is 41.7 Å². The van der Waals surface area contributed by atoms with Gasteiger partial charge < -0.3 is 9.76 Å². The zero-order valence-electron chi connectivity index (χ0n) is 8.48. The minimum absolute atomic E-state index is 0.0288. The summed E-state index contributed by atoms with van der Waals surface area (Å²) in [5, 5.41) is 8.99. The van der Waals surface area contributed by atoms with Crippen molar-refractivity contribution < 1.29 is 23.2 Å². The van der Waals surface area contributed by atoms with E-state index in [0.29, 0.717) is 0 Å². The molecule has 84 valence electrons. The van der Waals surface area contributed by atoms with Gasteiger partial charge in [-0.25, -0.2) is 8.63 Å². The Bertz CT molecular complexity index is 401. The molecule has 3 nitrogen and oxygen atoms in total. The van der Waals surface area contributed by atoms with Crippen LogP contribution in [0, 0.1) is 0 Å². The second-order valence-corrected chi connectivity index (χ2v) is 3.04. The smallest absolute Gasteiger partial charge is 0.509 e. The molecule has 0 aromatic heterocycles. The van der Waals surface area contributed by atoms with Crippen LogP contribution in [-0.4, -0.2) is 18.4 Å². The highest BCUT2D eigenvalue weighted by Crippen LogP contribution is 2.11. The lowest BCUT2D eigenvalue weighted by Gasteiger charge is -2.01. The molecule has 0 unspecified atom stereocenters. The van der Waals surface area contributed by atoms with Gasteiger partial charge in [0.1, 0.15) is 5.75 Å². The van der Waals surface area contributed by atoms with Crippen LogP contribution in [0.5, 0.6) is 5.75 Å². The number of carbonyl (C=O) groups is 1. The van der Waals surface area contributed by atoms with Gasteiger partial charge in [-0.1, -0.05) is 0 Å². The third kappa shape index (κ3) is 3.72. The van der Waals surface area contributed by atoms with Gasteiger partial charge in [0.05, 0.1) is 5.76 Å². The Balaban J connectivity index is 2.75. The van der Waals surface area contributed by atoms with Crippen LogP contribution in [0.15, 0.2) is 36.1 Å². The van der Waals surface area contributed by atoms with E-state index in [4.69, 9.17) is 5.11 Å². The minimum Gasteiger partial charge on any atom is -0.509 e. The van der Waals surface area contributed by atoms with Crippen LogP contribution in [0.4, 0.5) is 8.63 Å². The Kier molecular flexibility index (Phi) is 4.05. The molecule has 0 fully saturated rings. The molecule has 16 heavy (non-hydrogen) atoms. The quantitative estimate of drug-likeness (QED) is 0.371. The van der Waals surface area contributed by atoms with Crippen LogP contribution in [0.1, 0.15) is 17.3 Å². The molecule has 0 aliphatic carbocycles. The number of phenols is 1. The monoisotopic (exact) mass is 226 g/mol. The highest BCUT2D eigenvalue weighted by molar-refractivity contribution is 6.34. The molecule has 0 aliphatic heterocycles. The van der Waals surface area contributed by atoms with E-state index in [1.54, 1.807) is 0 Å². The number of phenolic OH excluding ortho intramolecular Hbond substituents is 1. The van der Waals surface area contributed by atoms with Crippen LogP contribution in [0.3, 0.4) is 0 Å². The third-order valence-electron chi connectivity index (χ3n) is 1.76. The summed E-state index contributed by atoms with van der Waals surface area (Å²) in [6, 6.07) is 5.46. The maximum Gasteiger partial charge on any atom is 0.796 e. The number of hydrogen-bond acceptors (Lipinski definition) is 3. The molecule has 0 saturated carbocycles. The zero-order valence-corrected chi connectivity index (χ0v) is 8.48. The lowest BCUT2D eigenvalue weighted by atomic mass is 10.1. The van der Waals surface area contributed by atoms with Crippen LogP contribution >= 0.6 is 0 Å². The fraction of sp³-hybridized carbons (Fsp3) is 0.100. The van der Waals surface area contributed by atoms with Crippen molar-refractivity contribution >= 4 is 13.3 Å². The molecule has 1 rings (SSSR count). The van der Waals surface area contributed by atoms with Gasteiger partial charge in [0.25, 0.3) is 0 Å². The standard InChI is InChI=1S/C10H9BF2O3/c1-7(16-11(12)13)6-10(15)8-2-4-9(14)5-3-8/h2-6,14H,1H3. The van der Waals surface area contributed by atoms with Gasteiger partial charge in [0.15, 0.2) is 5.78 Å². The van der Waals surface area contributed by atoms with Crippen molar-refractivity contribution in [3.63, 3.8) is 0 Å². The summed E-state index contributed by atoms with van der Waals surface area (Å²) >= 11 is 0. The van der Waals surface area contributed by atoms with E-state index in [2.05, 4.69) is 4.65 Å². The summed E-state index contributed by atoms with van der Waals surface area (Å²) in [4.78, 5) is 11.5. The van der Waals surface area contributed by atoms with Crippen molar-refractivity contribution in [2.75, 3.05) is 0 Å². The van der Waals surface area contributed by atoms with Crippen molar-refractivity contribution in [2.24, 2.45) is 0 Å². The highest BCUT2D eigenvalue weighted by atomic mass is 19.2. The Morgan fingerprint density at radius 1 is 1.38 bits per heavy atom. The molecule has 0 amide bonds. The topological polar surface area (TPSA) is 46.5 Å². The van der Waals surface area contributed by atoms with Gasteiger partial charge in [0.2, 0.25) is 0 Å². The second-order valence-electron chi connectivity index (χ2n) is 3.04. The SMILES string of the molecule is CC(=CC(=O)c1ccc(O)cc1)OB(F)F. The van der Waals surface area contributed by atoms with E-state index in [1.807, 2.05) is 0 Å².